The Morgan fingerprint density at radius 3 is 2.57 bits per heavy atom. The van der Waals surface area contributed by atoms with Crippen LogP contribution in [0.4, 0.5) is 0 Å². The molecule has 0 saturated carbocycles. The predicted octanol–water partition coefficient (Wildman–Crippen LogP) is 0.828. The molecule has 0 bridgehead atoms. The Hall–Kier alpha value is -1.47. The summed E-state index contributed by atoms with van der Waals surface area (Å²) in [6.07, 6.45) is 2.41. The standard InChI is InChI=1S/C14H23N3O3S/c1-5-9-10(12(15)18)8(2)17-11(9)13(19)16-6-14(3,20)7-21-4/h17,20H,5-7H2,1-4H3,(H2,15,18)(H,16,19). The van der Waals surface area contributed by atoms with E-state index >= 15 is 0 Å². The summed E-state index contributed by atoms with van der Waals surface area (Å²) in [6, 6.07) is 0. The molecule has 0 spiro atoms. The average Bonchev–Trinajstić information content (AvgIpc) is 2.72. The van der Waals surface area contributed by atoms with Gasteiger partial charge < -0.3 is 21.1 Å². The molecule has 1 atom stereocenters. The van der Waals surface area contributed by atoms with Gasteiger partial charge in [-0.15, -0.1) is 0 Å². The second-order valence-corrected chi connectivity index (χ2v) is 6.18. The number of carbonyl (C=O) groups excluding carboxylic acids is 2. The average molecular weight is 313 g/mol. The molecule has 0 aromatic carbocycles. The van der Waals surface area contributed by atoms with Crippen LogP contribution in [-0.2, 0) is 6.42 Å². The maximum absolute atomic E-state index is 12.3. The van der Waals surface area contributed by atoms with Gasteiger partial charge in [-0.3, -0.25) is 9.59 Å². The van der Waals surface area contributed by atoms with Gasteiger partial charge >= 0.3 is 0 Å². The van der Waals surface area contributed by atoms with E-state index in [1.54, 1.807) is 13.8 Å². The molecule has 1 rings (SSSR count). The molecule has 7 heteroatoms. The third kappa shape index (κ3) is 4.25. The number of rotatable bonds is 7. The number of nitrogens with one attached hydrogen (secondary N) is 2. The number of amides is 2. The third-order valence-electron chi connectivity index (χ3n) is 3.20. The van der Waals surface area contributed by atoms with Gasteiger partial charge in [-0.25, -0.2) is 0 Å². The van der Waals surface area contributed by atoms with Crippen molar-refractivity contribution in [1.29, 1.82) is 0 Å². The summed E-state index contributed by atoms with van der Waals surface area (Å²) in [6.45, 7) is 5.37. The molecule has 0 aliphatic heterocycles. The summed E-state index contributed by atoms with van der Waals surface area (Å²) in [5.41, 5.74) is 6.28. The van der Waals surface area contributed by atoms with Gasteiger partial charge in [-0.2, -0.15) is 11.8 Å². The summed E-state index contributed by atoms with van der Waals surface area (Å²) < 4.78 is 0. The quantitative estimate of drug-likeness (QED) is 0.598. The zero-order valence-electron chi connectivity index (χ0n) is 12.9. The number of thioether (sulfide) groups is 1. The van der Waals surface area contributed by atoms with Crippen molar-refractivity contribution in [2.45, 2.75) is 32.8 Å². The highest BCUT2D eigenvalue weighted by Crippen LogP contribution is 2.19. The van der Waals surface area contributed by atoms with Gasteiger partial charge in [0.25, 0.3) is 11.8 Å². The molecule has 118 valence electrons. The van der Waals surface area contributed by atoms with Crippen molar-refractivity contribution >= 4 is 23.6 Å². The Morgan fingerprint density at radius 1 is 1.48 bits per heavy atom. The number of aryl methyl sites for hydroxylation is 1. The normalized spacial score (nSPS) is 13.8. The number of aromatic amines is 1. The molecule has 1 heterocycles. The number of aromatic nitrogens is 1. The summed E-state index contributed by atoms with van der Waals surface area (Å²) in [4.78, 5) is 26.6. The van der Waals surface area contributed by atoms with Crippen LogP contribution in [0.1, 0.15) is 46.0 Å². The Kier molecular flexibility index (Phi) is 5.86. The molecular formula is C14H23N3O3S. The number of hydrogen-bond acceptors (Lipinski definition) is 4. The molecule has 1 aromatic rings. The van der Waals surface area contributed by atoms with Crippen LogP contribution in [0.3, 0.4) is 0 Å². The fourth-order valence-corrected chi connectivity index (χ4v) is 3.00. The SMILES string of the molecule is CCc1c(C(=O)NCC(C)(O)CSC)[nH]c(C)c1C(N)=O. The topological polar surface area (TPSA) is 108 Å². The van der Waals surface area contributed by atoms with E-state index in [1.807, 2.05) is 13.2 Å². The van der Waals surface area contributed by atoms with Crippen LogP contribution in [0, 0.1) is 6.92 Å². The van der Waals surface area contributed by atoms with Crippen LogP contribution in [0.5, 0.6) is 0 Å². The fourth-order valence-electron chi connectivity index (χ4n) is 2.28. The van der Waals surface area contributed by atoms with Crippen LogP contribution >= 0.6 is 11.8 Å². The van der Waals surface area contributed by atoms with E-state index < -0.39 is 11.5 Å². The van der Waals surface area contributed by atoms with Crippen molar-refractivity contribution < 1.29 is 14.7 Å². The Morgan fingerprint density at radius 2 is 2.10 bits per heavy atom. The first-order valence-electron chi connectivity index (χ1n) is 6.74. The van der Waals surface area contributed by atoms with Crippen LogP contribution in [0.25, 0.3) is 0 Å². The first kappa shape index (κ1) is 17.6. The smallest absolute Gasteiger partial charge is 0.268 e. The zero-order chi connectivity index (χ0) is 16.2. The minimum Gasteiger partial charge on any atom is -0.387 e. The highest BCUT2D eigenvalue weighted by molar-refractivity contribution is 7.98. The number of hydrogen-bond donors (Lipinski definition) is 4. The van der Waals surface area contributed by atoms with Crippen LogP contribution in [0.2, 0.25) is 0 Å². The Labute approximate surface area is 128 Å². The monoisotopic (exact) mass is 313 g/mol. The van der Waals surface area contributed by atoms with E-state index in [2.05, 4.69) is 10.3 Å². The molecule has 1 aromatic heterocycles. The molecule has 2 amide bonds. The second kappa shape index (κ2) is 7.00. The van der Waals surface area contributed by atoms with E-state index in [-0.39, 0.29) is 12.5 Å². The summed E-state index contributed by atoms with van der Waals surface area (Å²) in [7, 11) is 0. The molecule has 5 N–H and O–H groups in total. The molecular weight excluding hydrogens is 290 g/mol. The first-order valence-corrected chi connectivity index (χ1v) is 8.13. The van der Waals surface area contributed by atoms with Crippen molar-refractivity contribution in [1.82, 2.24) is 10.3 Å². The summed E-state index contributed by atoms with van der Waals surface area (Å²) in [5, 5.41) is 12.8. The largest absolute Gasteiger partial charge is 0.387 e. The lowest BCUT2D eigenvalue weighted by Gasteiger charge is -2.22. The van der Waals surface area contributed by atoms with E-state index in [9.17, 15) is 14.7 Å². The van der Waals surface area contributed by atoms with E-state index in [1.165, 1.54) is 11.8 Å². The van der Waals surface area contributed by atoms with Crippen LogP contribution in [0.15, 0.2) is 0 Å². The van der Waals surface area contributed by atoms with E-state index in [0.29, 0.717) is 34.7 Å². The summed E-state index contributed by atoms with van der Waals surface area (Å²) in [5.74, 6) is -0.373. The van der Waals surface area contributed by atoms with Crippen LogP contribution in [-0.4, -0.2) is 46.1 Å². The first-order chi connectivity index (χ1) is 9.73. The lowest BCUT2D eigenvalue weighted by atomic mass is 10.0. The number of H-pyrrole nitrogens is 1. The minimum absolute atomic E-state index is 0.139. The maximum Gasteiger partial charge on any atom is 0.268 e. The summed E-state index contributed by atoms with van der Waals surface area (Å²) >= 11 is 1.50. The fraction of sp³-hybridized carbons (Fsp3) is 0.571. The highest BCUT2D eigenvalue weighted by Gasteiger charge is 2.25. The Bertz CT molecular complexity index is 538. The minimum atomic E-state index is -0.977. The van der Waals surface area contributed by atoms with Gasteiger partial charge in [-0.1, -0.05) is 6.92 Å². The molecule has 6 nitrogen and oxygen atoms in total. The zero-order valence-corrected chi connectivity index (χ0v) is 13.7. The molecule has 0 radical (unpaired) electrons. The molecule has 21 heavy (non-hydrogen) atoms. The molecule has 1 unspecified atom stereocenters. The molecule has 0 aliphatic carbocycles. The van der Waals surface area contributed by atoms with Crippen molar-refractivity contribution in [3.63, 3.8) is 0 Å². The lowest BCUT2D eigenvalue weighted by Crippen LogP contribution is -2.42. The predicted molar refractivity (Wildman–Crippen MR) is 84.8 cm³/mol. The number of carbonyl (C=O) groups is 2. The lowest BCUT2D eigenvalue weighted by molar-refractivity contribution is 0.0722. The van der Waals surface area contributed by atoms with Gasteiger partial charge in [0.15, 0.2) is 0 Å². The number of primary amides is 1. The molecule has 0 saturated heterocycles. The third-order valence-corrected chi connectivity index (χ3v) is 4.11. The van der Waals surface area contributed by atoms with Crippen molar-refractivity contribution in [3.05, 3.63) is 22.5 Å². The Balaban J connectivity index is 2.94. The second-order valence-electron chi connectivity index (χ2n) is 5.31. The molecule has 0 aliphatic rings. The van der Waals surface area contributed by atoms with Crippen molar-refractivity contribution in [3.8, 4) is 0 Å². The van der Waals surface area contributed by atoms with Crippen molar-refractivity contribution in [2.24, 2.45) is 5.73 Å². The van der Waals surface area contributed by atoms with Gasteiger partial charge in [0.1, 0.15) is 5.69 Å². The van der Waals surface area contributed by atoms with Gasteiger partial charge in [0.05, 0.1) is 11.2 Å². The van der Waals surface area contributed by atoms with Crippen LogP contribution < -0.4 is 11.1 Å². The van der Waals surface area contributed by atoms with Gasteiger partial charge in [0.2, 0.25) is 0 Å². The maximum atomic E-state index is 12.3. The highest BCUT2D eigenvalue weighted by atomic mass is 32.2. The molecule has 0 fully saturated rings. The van der Waals surface area contributed by atoms with E-state index in [0.717, 1.165) is 0 Å². The van der Waals surface area contributed by atoms with Gasteiger partial charge in [-0.05, 0) is 32.1 Å². The van der Waals surface area contributed by atoms with Crippen molar-refractivity contribution in [2.75, 3.05) is 18.6 Å². The number of nitrogens with two attached hydrogens (primary N) is 1. The number of aliphatic hydroxyl groups is 1. The van der Waals surface area contributed by atoms with Gasteiger partial charge in [0, 0.05) is 18.0 Å². The van der Waals surface area contributed by atoms with E-state index in [4.69, 9.17) is 5.73 Å².